The van der Waals surface area contributed by atoms with Crippen molar-refractivity contribution < 1.29 is 4.79 Å². The summed E-state index contributed by atoms with van der Waals surface area (Å²) >= 11 is 6.79. The highest BCUT2D eigenvalue weighted by atomic mass is 79.9. The Morgan fingerprint density at radius 3 is 2.69 bits per heavy atom. The number of fused-ring (bicyclic) bond motifs is 1. The van der Waals surface area contributed by atoms with E-state index >= 15 is 0 Å². The molecule has 1 nitrogen and oxygen atoms in total. The average molecular weight is 275 g/mol. The standard InChI is InChI=1S/C9H7BrOS2/c1-4(11)7-3-6-5(2)12-9(10)8(6)13-7/h3H,1-2H3. The van der Waals surface area contributed by atoms with Gasteiger partial charge in [-0.25, -0.2) is 0 Å². The lowest BCUT2D eigenvalue weighted by atomic mass is 10.3. The quantitative estimate of drug-likeness (QED) is 0.711. The maximum Gasteiger partial charge on any atom is 0.169 e. The van der Waals surface area contributed by atoms with Crippen molar-refractivity contribution in [2.45, 2.75) is 13.8 Å². The first-order chi connectivity index (χ1) is 6.09. The van der Waals surface area contributed by atoms with Crippen LogP contribution in [0.25, 0.3) is 10.1 Å². The zero-order chi connectivity index (χ0) is 9.59. The molecule has 2 aromatic rings. The van der Waals surface area contributed by atoms with Crippen molar-refractivity contribution in [2.75, 3.05) is 0 Å². The largest absolute Gasteiger partial charge is 0.294 e. The molecule has 0 aliphatic rings. The van der Waals surface area contributed by atoms with Crippen molar-refractivity contribution >= 4 is 54.5 Å². The van der Waals surface area contributed by atoms with Crippen molar-refractivity contribution in [3.63, 3.8) is 0 Å². The van der Waals surface area contributed by atoms with Crippen LogP contribution in [0.15, 0.2) is 9.85 Å². The minimum atomic E-state index is 0.150. The van der Waals surface area contributed by atoms with Gasteiger partial charge in [0, 0.05) is 10.3 Å². The van der Waals surface area contributed by atoms with E-state index in [4.69, 9.17) is 0 Å². The van der Waals surface area contributed by atoms with Gasteiger partial charge in [0.1, 0.15) is 0 Å². The molecule has 0 atom stereocenters. The Kier molecular flexibility index (Phi) is 2.30. The maximum atomic E-state index is 11.1. The second-order valence-electron chi connectivity index (χ2n) is 2.84. The molecule has 0 saturated carbocycles. The Morgan fingerprint density at radius 2 is 2.15 bits per heavy atom. The summed E-state index contributed by atoms with van der Waals surface area (Å²) in [4.78, 5) is 13.3. The lowest BCUT2D eigenvalue weighted by Crippen LogP contribution is -1.83. The van der Waals surface area contributed by atoms with E-state index in [1.165, 1.54) is 15.0 Å². The SMILES string of the molecule is CC(=O)c1cc2c(C)sc(Br)c2s1. The highest BCUT2D eigenvalue weighted by Crippen LogP contribution is 2.40. The minimum Gasteiger partial charge on any atom is -0.294 e. The predicted octanol–water partition coefficient (Wildman–Crippen LogP) is 4.24. The van der Waals surface area contributed by atoms with Crippen molar-refractivity contribution in [1.29, 1.82) is 0 Å². The smallest absolute Gasteiger partial charge is 0.169 e. The molecular weight excluding hydrogens is 268 g/mol. The summed E-state index contributed by atoms with van der Waals surface area (Å²) < 4.78 is 2.34. The summed E-state index contributed by atoms with van der Waals surface area (Å²) in [6.07, 6.45) is 0. The van der Waals surface area contributed by atoms with Gasteiger partial charge in [-0.3, -0.25) is 4.79 Å². The highest BCUT2D eigenvalue weighted by molar-refractivity contribution is 9.11. The molecule has 0 radical (unpaired) electrons. The van der Waals surface area contributed by atoms with Crippen LogP contribution < -0.4 is 0 Å². The molecule has 13 heavy (non-hydrogen) atoms. The number of aryl methyl sites for hydroxylation is 1. The lowest BCUT2D eigenvalue weighted by Gasteiger charge is -1.83. The molecule has 0 fully saturated rings. The summed E-state index contributed by atoms with van der Waals surface area (Å²) in [5.41, 5.74) is 0. The van der Waals surface area contributed by atoms with Crippen molar-refractivity contribution in [3.05, 3.63) is 19.6 Å². The van der Waals surface area contributed by atoms with Crippen LogP contribution in [0.5, 0.6) is 0 Å². The summed E-state index contributed by atoms with van der Waals surface area (Å²) in [6.45, 7) is 3.69. The summed E-state index contributed by atoms with van der Waals surface area (Å²) in [5, 5.41) is 1.21. The second-order valence-corrected chi connectivity index (χ2v) is 6.44. The van der Waals surface area contributed by atoms with Crippen LogP contribution >= 0.6 is 38.6 Å². The minimum absolute atomic E-state index is 0.150. The molecule has 0 aliphatic heterocycles. The molecule has 0 amide bonds. The molecule has 0 bridgehead atoms. The fraction of sp³-hybridized carbons (Fsp3) is 0.222. The Labute approximate surface area is 92.5 Å². The zero-order valence-electron chi connectivity index (χ0n) is 7.18. The van der Waals surface area contributed by atoms with Crippen LogP contribution in [-0.4, -0.2) is 5.78 Å². The van der Waals surface area contributed by atoms with Gasteiger partial charge in [-0.1, -0.05) is 0 Å². The highest BCUT2D eigenvalue weighted by Gasteiger charge is 2.12. The molecule has 4 heteroatoms. The molecule has 0 unspecified atom stereocenters. The van der Waals surface area contributed by atoms with E-state index in [0.29, 0.717) is 0 Å². The third-order valence-corrected chi connectivity index (χ3v) is 5.32. The number of thiophene rings is 2. The maximum absolute atomic E-state index is 11.1. The topological polar surface area (TPSA) is 17.1 Å². The van der Waals surface area contributed by atoms with Crippen LogP contribution in [0, 0.1) is 6.92 Å². The lowest BCUT2D eigenvalue weighted by molar-refractivity contribution is 0.102. The Hall–Kier alpha value is -0.190. The van der Waals surface area contributed by atoms with E-state index in [9.17, 15) is 4.79 Å². The first-order valence-electron chi connectivity index (χ1n) is 3.79. The Bertz CT molecular complexity index is 446. The van der Waals surface area contributed by atoms with Crippen LogP contribution in [-0.2, 0) is 0 Å². The fourth-order valence-electron chi connectivity index (χ4n) is 1.21. The van der Waals surface area contributed by atoms with Crippen LogP contribution in [0.2, 0.25) is 0 Å². The van der Waals surface area contributed by atoms with E-state index in [-0.39, 0.29) is 5.78 Å². The number of hydrogen-bond donors (Lipinski definition) is 0. The van der Waals surface area contributed by atoms with Gasteiger partial charge in [-0.15, -0.1) is 22.7 Å². The van der Waals surface area contributed by atoms with E-state index in [0.717, 1.165) is 8.66 Å². The number of carbonyl (C=O) groups excluding carboxylic acids is 1. The van der Waals surface area contributed by atoms with Gasteiger partial charge in [-0.2, -0.15) is 0 Å². The van der Waals surface area contributed by atoms with Crippen molar-refractivity contribution in [2.24, 2.45) is 0 Å². The third kappa shape index (κ3) is 1.47. The number of carbonyl (C=O) groups is 1. The van der Waals surface area contributed by atoms with E-state index in [1.807, 2.05) is 6.07 Å². The van der Waals surface area contributed by atoms with Crippen LogP contribution in [0.1, 0.15) is 21.5 Å². The fourth-order valence-corrected chi connectivity index (χ4v) is 4.39. The zero-order valence-corrected chi connectivity index (χ0v) is 10.4. The summed E-state index contributed by atoms with van der Waals surface area (Å²) in [6, 6.07) is 1.99. The predicted molar refractivity (Wildman–Crippen MR) is 62.1 cm³/mol. The van der Waals surface area contributed by atoms with Gasteiger partial charge in [0.2, 0.25) is 0 Å². The third-order valence-electron chi connectivity index (χ3n) is 1.88. The monoisotopic (exact) mass is 274 g/mol. The van der Waals surface area contributed by atoms with Crippen LogP contribution in [0.4, 0.5) is 0 Å². The second kappa shape index (κ2) is 3.19. The Balaban J connectivity index is 2.76. The molecule has 0 N–H and O–H groups in total. The molecule has 0 aliphatic carbocycles. The van der Waals surface area contributed by atoms with Gasteiger partial charge in [0.15, 0.2) is 5.78 Å². The van der Waals surface area contributed by atoms with Gasteiger partial charge in [0.25, 0.3) is 0 Å². The van der Waals surface area contributed by atoms with E-state index in [2.05, 4.69) is 22.9 Å². The molecular formula is C9H7BrOS2. The molecule has 2 aromatic heterocycles. The molecule has 2 heterocycles. The number of halogens is 1. The molecule has 0 spiro atoms. The summed E-state index contributed by atoms with van der Waals surface area (Å²) in [5.74, 6) is 0.150. The average Bonchev–Trinajstić information content (AvgIpc) is 2.55. The first-order valence-corrected chi connectivity index (χ1v) is 6.21. The van der Waals surface area contributed by atoms with Gasteiger partial charge in [0.05, 0.1) is 13.4 Å². The normalized spacial score (nSPS) is 11.0. The molecule has 0 saturated heterocycles. The molecule has 68 valence electrons. The van der Waals surface area contributed by atoms with Gasteiger partial charge in [-0.05, 0) is 35.8 Å². The number of rotatable bonds is 1. The molecule has 2 rings (SSSR count). The van der Waals surface area contributed by atoms with E-state index < -0.39 is 0 Å². The van der Waals surface area contributed by atoms with E-state index in [1.54, 1.807) is 29.6 Å². The van der Waals surface area contributed by atoms with Gasteiger partial charge >= 0.3 is 0 Å². The molecule has 0 aromatic carbocycles. The number of hydrogen-bond acceptors (Lipinski definition) is 3. The number of ketones is 1. The van der Waals surface area contributed by atoms with Crippen LogP contribution in [0.3, 0.4) is 0 Å². The Morgan fingerprint density at radius 1 is 1.46 bits per heavy atom. The first kappa shape index (κ1) is 9.37. The van der Waals surface area contributed by atoms with Gasteiger partial charge < -0.3 is 0 Å². The number of Topliss-reactive ketones (excluding diaryl/α,β-unsaturated/α-hetero) is 1. The van der Waals surface area contributed by atoms with Crippen molar-refractivity contribution in [1.82, 2.24) is 0 Å². The summed E-state index contributed by atoms with van der Waals surface area (Å²) in [7, 11) is 0. The van der Waals surface area contributed by atoms with Crippen molar-refractivity contribution in [3.8, 4) is 0 Å².